The van der Waals surface area contributed by atoms with Crippen molar-refractivity contribution in [3.05, 3.63) is 65.5 Å². The summed E-state index contributed by atoms with van der Waals surface area (Å²) in [6, 6.07) is 17.4. The second-order valence-electron chi connectivity index (χ2n) is 4.70. The number of halogens is 1. The highest BCUT2D eigenvalue weighted by atomic mass is 35.5. The smallest absolute Gasteiger partial charge is 0.247 e. The van der Waals surface area contributed by atoms with E-state index < -0.39 is 0 Å². The zero-order chi connectivity index (χ0) is 14.7. The van der Waals surface area contributed by atoms with E-state index in [0.717, 1.165) is 11.3 Å². The molecular formula is C16H14ClN3O. The lowest BCUT2D eigenvalue weighted by molar-refractivity contribution is 0.503. The molecule has 4 nitrogen and oxygen atoms in total. The van der Waals surface area contributed by atoms with Crippen molar-refractivity contribution in [2.45, 2.75) is 6.54 Å². The van der Waals surface area contributed by atoms with E-state index in [2.05, 4.69) is 15.1 Å². The van der Waals surface area contributed by atoms with Crippen LogP contribution in [0.3, 0.4) is 0 Å². The molecule has 0 N–H and O–H groups in total. The molecule has 0 bridgehead atoms. The summed E-state index contributed by atoms with van der Waals surface area (Å²) in [6.45, 7) is 0.553. The van der Waals surface area contributed by atoms with E-state index in [1.54, 1.807) is 6.07 Å². The van der Waals surface area contributed by atoms with Gasteiger partial charge in [0.1, 0.15) is 0 Å². The third-order valence-electron chi connectivity index (χ3n) is 3.11. The Labute approximate surface area is 128 Å². The molecule has 0 saturated heterocycles. The van der Waals surface area contributed by atoms with Gasteiger partial charge in [-0.15, -0.1) is 10.2 Å². The van der Waals surface area contributed by atoms with Crippen LogP contribution in [-0.2, 0) is 6.54 Å². The molecule has 3 rings (SSSR count). The van der Waals surface area contributed by atoms with Gasteiger partial charge in [-0.2, -0.15) is 0 Å². The number of hydrogen-bond acceptors (Lipinski definition) is 4. The quantitative estimate of drug-likeness (QED) is 0.729. The molecule has 0 aliphatic heterocycles. The lowest BCUT2D eigenvalue weighted by Gasteiger charge is -2.16. The summed E-state index contributed by atoms with van der Waals surface area (Å²) in [7, 11) is 1.98. The Morgan fingerprint density at radius 3 is 2.62 bits per heavy atom. The van der Waals surface area contributed by atoms with E-state index in [9.17, 15) is 0 Å². The highest BCUT2D eigenvalue weighted by Gasteiger charge is 2.11. The largest absolute Gasteiger partial charge is 0.419 e. The molecule has 0 aliphatic rings. The number of aromatic nitrogens is 2. The van der Waals surface area contributed by atoms with Crippen molar-refractivity contribution in [3.63, 3.8) is 0 Å². The van der Waals surface area contributed by atoms with E-state index >= 15 is 0 Å². The number of benzene rings is 2. The molecule has 5 heteroatoms. The Balaban J connectivity index is 1.76. The maximum Gasteiger partial charge on any atom is 0.247 e. The number of anilines is 1. The van der Waals surface area contributed by atoms with Crippen LogP contribution in [0.25, 0.3) is 11.5 Å². The van der Waals surface area contributed by atoms with E-state index in [-0.39, 0.29) is 0 Å². The normalized spacial score (nSPS) is 10.6. The number of para-hydroxylation sites is 1. The van der Waals surface area contributed by atoms with E-state index in [4.69, 9.17) is 16.0 Å². The molecule has 21 heavy (non-hydrogen) atoms. The molecule has 0 amide bonds. The van der Waals surface area contributed by atoms with Gasteiger partial charge >= 0.3 is 0 Å². The van der Waals surface area contributed by atoms with Crippen molar-refractivity contribution in [2.24, 2.45) is 0 Å². The van der Waals surface area contributed by atoms with Gasteiger partial charge in [0.05, 0.1) is 6.54 Å². The SMILES string of the molecule is CN(Cc1nnc(-c2cccc(Cl)c2)o1)c1ccccc1. The minimum atomic E-state index is 0.481. The highest BCUT2D eigenvalue weighted by Crippen LogP contribution is 2.22. The first-order valence-electron chi connectivity index (χ1n) is 6.57. The molecule has 0 saturated carbocycles. The van der Waals surface area contributed by atoms with Gasteiger partial charge in [0, 0.05) is 23.3 Å². The zero-order valence-corrected chi connectivity index (χ0v) is 12.3. The lowest BCUT2D eigenvalue weighted by atomic mass is 10.2. The van der Waals surface area contributed by atoms with Gasteiger partial charge in [-0.25, -0.2) is 0 Å². The number of nitrogens with zero attached hydrogens (tertiary/aromatic N) is 3. The Bertz CT molecular complexity index is 727. The van der Waals surface area contributed by atoms with Gasteiger partial charge in [-0.1, -0.05) is 35.9 Å². The van der Waals surface area contributed by atoms with E-state index in [1.165, 1.54) is 0 Å². The maximum absolute atomic E-state index is 5.97. The zero-order valence-electron chi connectivity index (χ0n) is 11.5. The molecular weight excluding hydrogens is 286 g/mol. The van der Waals surface area contributed by atoms with Crippen LogP contribution < -0.4 is 4.90 Å². The standard InChI is InChI=1S/C16H14ClN3O/c1-20(14-8-3-2-4-9-14)11-15-18-19-16(21-15)12-6-5-7-13(17)10-12/h2-10H,11H2,1H3. The topological polar surface area (TPSA) is 42.2 Å². The van der Waals surface area contributed by atoms with Gasteiger partial charge in [-0.05, 0) is 30.3 Å². The molecule has 2 aromatic carbocycles. The Hall–Kier alpha value is -2.33. The Morgan fingerprint density at radius 2 is 1.86 bits per heavy atom. The average Bonchev–Trinajstić information content (AvgIpc) is 2.97. The predicted octanol–water partition coefficient (Wildman–Crippen LogP) is 4.03. The van der Waals surface area contributed by atoms with Crippen LogP contribution in [0.2, 0.25) is 5.02 Å². The third kappa shape index (κ3) is 3.23. The van der Waals surface area contributed by atoms with Crippen LogP contribution in [0.4, 0.5) is 5.69 Å². The first kappa shape index (κ1) is 13.6. The summed E-state index contributed by atoms with van der Waals surface area (Å²) >= 11 is 5.97. The van der Waals surface area contributed by atoms with Gasteiger partial charge in [0.25, 0.3) is 0 Å². The third-order valence-corrected chi connectivity index (χ3v) is 3.34. The number of hydrogen-bond donors (Lipinski definition) is 0. The van der Waals surface area contributed by atoms with Gasteiger partial charge < -0.3 is 9.32 Å². The highest BCUT2D eigenvalue weighted by molar-refractivity contribution is 6.30. The molecule has 0 radical (unpaired) electrons. The van der Waals surface area contributed by atoms with Crippen LogP contribution in [0.15, 0.2) is 59.0 Å². The van der Waals surface area contributed by atoms with E-state index in [1.807, 2.05) is 55.6 Å². The fourth-order valence-electron chi connectivity index (χ4n) is 2.03. The molecule has 1 heterocycles. The Morgan fingerprint density at radius 1 is 1.05 bits per heavy atom. The van der Waals surface area contributed by atoms with Crippen molar-refractivity contribution >= 4 is 17.3 Å². The van der Waals surface area contributed by atoms with Gasteiger partial charge in [0.15, 0.2) is 0 Å². The lowest BCUT2D eigenvalue weighted by Crippen LogP contribution is -2.16. The monoisotopic (exact) mass is 299 g/mol. The van der Waals surface area contributed by atoms with Crippen molar-refractivity contribution in [1.82, 2.24) is 10.2 Å². The van der Waals surface area contributed by atoms with Crippen molar-refractivity contribution < 1.29 is 4.42 Å². The Kier molecular flexibility index (Phi) is 3.88. The fourth-order valence-corrected chi connectivity index (χ4v) is 2.22. The van der Waals surface area contributed by atoms with E-state index in [0.29, 0.717) is 23.3 Å². The van der Waals surface area contributed by atoms with Gasteiger partial charge in [0.2, 0.25) is 11.8 Å². The molecule has 0 fully saturated rings. The van der Waals surface area contributed by atoms with Crippen LogP contribution in [0.1, 0.15) is 5.89 Å². The second-order valence-corrected chi connectivity index (χ2v) is 5.14. The first-order valence-corrected chi connectivity index (χ1v) is 6.95. The summed E-state index contributed by atoms with van der Waals surface area (Å²) in [6.07, 6.45) is 0. The summed E-state index contributed by atoms with van der Waals surface area (Å²) < 4.78 is 5.69. The summed E-state index contributed by atoms with van der Waals surface area (Å²) in [4.78, 5) is 2.05. The summed E-state index contributed by atoms with van der Waals surface area (Å²) in [5.41, 5.74) is 1.92. The fraction of sp³-hybridized carbons (Fsp3) is 0.125. The first-order chi connectivity index (χ1) is 10.2. The van der Waals surface area contributed by atoms with Crippen LogP contribution in [-0.4, -0.2) is 17.2 Å². The van der Waals surface area contributed by atoms with Crippen LogP contribution in [0, 0.1) is 0 Å². The molecule has 0 spiro atoms. The summed E-state index contributed by atoms with van der Waals surface area (Å²) in [5.74, 6) is 1.05. The molecule has 1 aromatic heterocycles. The second kappa shape index (κ2) is 5.97. The number of rotatable bonds is 4. The molecule has 106 valence electrons. The van der Waals surface area contributed by atoms with Crippen molar-refractivity contribution in [2.75, 3.05) is 11.9 Å². The van der Waals surface area contributed by atoms with Crippen molar-refractivity contribution in [1.29, 1.82) is 0 Å². The molecule has 0 aliphatic carbocycles. The predicted molar refractivity (Wildman–Crippen MR) is 83.3 cm³/mol. The summed E-state index contributed by atoms with van der Waals surface area (Å²) in [5, 5.41) is 8.81. The van der Waals surface area contributed by atoms with Gasteiger partial charge in [-0.3, -0.25) is 0 Å². The molecule has 0 atom stereocenters. The van der Waals surface area contributed by atoms with Crippen molar-refractivity contribution in [3.8, 4) is 11.5 Å². The average molecular weight is 300 g/mol. The minimum absolute atomic E-state index is 0.481. The maximum atomic E-state index is 5.97. The van der Waals surface area contributed by atoms with Crippen LogP contribution >= 0.6 is 11.6 Å². The molecule has 3 aromatic rings. The van der Waals surface area contributed by atoms with Crippen LogP contribution in [0.5, 0.6) is 0 Å². The molecule has 0 unspecified atom stereocenters. The minimum Gasteiger partial charge on any atom is -0.419 e.